The van der Waals surface area contributed by atoms with Crippen LogP contribution in [0.25, 0.3) is 0 Å². The van der Waals surface area contributed by atoms with Crippen molar-refractivity contribution < 1.29 is 0 Å². The molecule has 0 aromatic heterocycles. The van der Waals surface area contributed by atoms with Crippen LogP contribution in [0.4, 0.5) is 0 Å². The van der Waals surface area contributed by atoms with Crippen molar-refractivity contribution >= 4 is 5.71 Å². The van der Waals surface area contributed by atoms with Crippen LogP contribution in [0.5, 0.6) is 0 Å². The lowest BCUT2D eigenvalue weighted by molar-refractivity contribution is 0.771. The van der Waals surface area contributed by atoms with Gasteiger partial charge in [-0.15, -0.1) is 0 Å². The van der Waals surface area contributed by atoms with Gasteiger partial charge in [0.15, 0.2) is 0 Å². The molecule has 0 fully saturated rings. The van der Waals surface area contributed by atoms with Gasteiger partial charge >= 0.3 is 0 Å². The van der Waals surface area contributed by atoms with E-state index in [1.807, 2.05) is 7.05 Å². The Balaban J connectivity index is 4.73. The van der Waals surface area contributed by atoms with Crippen LogP contribution in [0, 0.1) is 11.8 Å². The molecule has 12 heavy (non-hydrogen) atoms. The Hall–Kier alpha value is -0.590. The van der Waals surface area contributed by atoms with Crippen LogP contribution in [0.15, 0.2) is 16.6 Å². The zero-order valence-corrected chi connectivity index (χ0v) is 9.18. The molecule has 0 amide bonds. The van der Waals surface area contributed by atoms with Crippen LogP contribution in [-0.4, -0.2) is 12.8 Å². The maximum absolute atomic E-state index is 4.33. The molecular formula is C11H21N. The summed E-state index contributed by atoms with van der Waals surface area (Å²) in [6.07, 6.45) is 2.17. The molecule has 0 heterocycles. The molecule has 0 radical (unpaired) electrons. The molecule has 0 atom stereocenters. The highest BCUT2D eigenvalue weighted by Crippen LogP contribution is 2.16. The van der Waals surface area contributed by atoms with Gasteiger partial charge in [0.25, 0.3) is 0 Å². The Bertz CT molecular complexity index is 163. The van der Waals surface area contributed by atoms with E-state index in [2.05, 4.69) is 45.7 Å². The minimum atomic E-state index is 0.531. The lowest BCUT2D eigenvalue weighted by atomic mass is 9.91. The Kier molecular flexibility index (Phi) is 4.87. The van der Waals surface area contributed by atoms with Crippen molar-refractivity contribution in [3.05, 3.63) is 11.6 Å². The van der Waals surface area contributed by atoms with Gasteiger partial charge in [0.1, 0.15) is 0 Å². The Morgan fingerprint density at radius 3 is 1.67 bits per heavy atom. The van der Waals surface area contributed by atoms with Crippen LogP contribution in [0.2, 0.25) is 0 Å². The van der Waals surface area contributed by atoms with Crippen molar-refractivity contribution in [2.24, 2.45) is 16.8 Å². The van der Waals surface area contributed by atoms with Gasteiger partial charge in [0.05, 0.1) is 0 Å². The highest BCUT2D eigenvalue weighted by atomic mass is 14.7. The number of rotatable bonds is 3. The maximum Gasteiger partial charge on any atom is 0.0401 e. The molecule has 0 aromatic carbocycles. The van der Waals surface area contributed by atoms with Crippen molar-refractivity contribution in [1.82, 2.24) is 0 Å². The van der Waals surface area contributed by atoms with Crippen LogP contribution in [0.1, 0.15) is 34.6 Å². The minimum absolute atomic E-state index is 0.531. The molecule has 0 aliphatic heterocycles. The molecule has 0 aliphatic carbocycles. The highest BCUT2D eigenvalue weighted by molar-refractivity contribution is 6.01. The molecule has 0 bridgehead atoms. The Morgan fingerprint density at radius 1 is 1.08 bits per heavy atom. The second kappa shape index (κ2) is 5.13. The normalized spacial score (nSPS) is 14.7. The number of nitrogens with zero attached hydrogens (tertiary/aromatic N) is 1. The third-order valence-electron chi connectivity index (χ3n) is 2.02. The van der Waals surface area contributed by atoms with Gasteiger partial charge in [-0.2, -0.15) is 0 Å². The largest absolute Gasteiger partial charge is 0.293 e. The van der Waals surface area contributed by atoms with Crippen molar-refractivity contribution in [1.29, 1.82) is 0 Å². The molecule has 0 spiro atoms. The average Bonchev–Trinajstić information content (AvgIpc) is 1.98. The van der Waals surface area contributed by atoms with E-state index in [4.69, 9.17) is 0 Å². The average molecular weight is 167 g/mol. The van der Waals surface area contributed by atoms with E-state index in [9.17, 15) is 0 Å². The van der Waals surface area contributed by atoms with Gasteiger partial charge in [-0.3, -0.25) is 4.99 Å². The quantitative estimate of drug-likeness (QED) is 0.572. The first-order chi connectivity index (χ1) is 5.54. The van der Waals surface area contributed by atoms with E-state index >= 15 is 0 Å². The summed E-state index contributed by atoms with van der Waals surface area (Å²) < 4.78 is 0. The predicted octanol–water partition coefficient (Wildman–Crippen LogP) is 3.32. The molecule has 0 rings (SSSR count). The molecule has 0 saturated heterocycles. The van der Waals surface area contributed by atoms with E-state index in [0.29, 0.717) is 11.8 Å². The van der Waals surface area contributed by atoms with E-state index < -0.39 is 0 Å². The molecule has 0 aromatic rings. The summed E-state index contributed by atoms with van der Waals surface area (Å²) in [5.74, 6) is 1.11. The first kappa shape index (κ1) is 11.4. The van der Waals surface area contributed by atoms with Crippen molar-refractivity contribution in [2.75, 3.05) is 7.05 Å². The fourth-order valence-electron chi connectivity index (χ4n) is 1.50. The molecule has 0 N–H and O–H groups in total. The molecule has 70 valence electrons. The maximum atomic E-state index is 4.33. The lowest BCUT2D eigenvalue weighted by Gasteiger charge is -2.16. The monoisotopic (exact) mass is 167 g/mol. The Morgan fingerprint density at radius 2 is 1.58 bits per heavy atom. The van der Waals surface area contributed by atoms with E-state index in [-0.39, 0.29) is 0 Å². The number of hydrogen-bond donors (Lipinski definition) is 0. The topological polar surface area (TPSA) is 12.4 Å². The molecular weight excluding hydrogens is 146 g/mol. The summed E-state index contributed by atoms with van der Waals surface area (Å²) >= 11 is 0. The van der Waals surface area contributed by atoms with E-state index in [1.54, 1.807) is 0 Å². The van der Waals surface area contributed by atoms with Crippen molar-refractivity contribution in [3.8, 4) is 0 Å². The summed E-state index contributed by atoms with van der Waals surface area (Å²) in [5.41, 5.74) is 2.63. The second-order valence-corrected chi connectivity index (χ2v) is 3.66. The van der Waals surface area contributed by atoms with Crippen LogP contribution in [-0.2, 0) is 0 Å². The second-order valence-electron chi connectivity index (χ2n) is 3.66. The predicted molar refractivity (Wildman–Crippen MR) is 56.8 cm³/mol. The number of aliphatic imine (C=N–C) groups is 1. The van der Waals surface area contributed by atoms with Crippen LogP contribution >= 0.6 is 0 Å². The van der Waals surface area contributed by atoms with Crippen molar-refractivity contribution in [2.45, 2.75) is 34.6 Å². The fourth-order valence-corrected chi connectivity index (χ4v) is 1.50. The molecule has 1 nitrogen and oxygen atoms in total. The standard InChI is InChI=1S/C11H21N/c1-7-10(8(2)3)11(12-6)9(4)5/h7-9H,1-6H3/b10-7-,12-11?. The minimum Gasteiger partial charge on any atom is -0.293 e. The summed E-state index contributed by atoms with van der Waals surface area (Å²) in [4.78, 5) is 4.33. The van der Waals surface area contributed by atoms with Gasteiger partial charge < -0.3 is 0 Å². The van der Waals surface area contributed by atoms with Gasteiger partial charge in [-0.25, -0.2) is 0 Å². The van der Waals surface area contributed by atoms with E-state index in [0.717, 1.165) is 0 Å². The third kappa shape index (κ3) is 2.80. The highest BCUT2D eigenvalue weighted by Gasteiger charge is 2.12. The van der Waals surface area contributed by atoms with Gasteiger partial charge in [0, 0.05) is 12.8 Å². The van der Waals surface area contributed by atoms with Crippen molar-refractivity contribution in [3.63, 3.8) is 0 Å². The first-order valence-corrected chi connectivity index (χ1v) is 4.67. The fraction of sp³-hybridized carbons (Fsp3) is 0.727. The van der Waals surface area contributed by atoms with Gasteiger partial charge in [-0.05, 0) is 24.3 Å². The SMILES string of the molecule is C/C=C(\C(=NC)C(C)C)C(C)C. The summed E-state index contributed by atoms with van der Waals surface area (Å²) in [7, 11) is 1.88. The molecule has 0 saturated carbocycles. The molecule has 0 aliphatic rings. The Labute approximate surface area is 76.6 Å². The zero-order valence-electron chi connectivity index (χ0n) is 9.18. The first-order valence-electron chi connectivity index (χ1n) is 4.67. The number of hydrogen-bond acceptors (Lipinski definition) is 1. The summed E-state index contributed by atoms with van der Waals surface area (Å²) in [6.45, 7) is 10.9. The summed E-state index contributed by atoms with van der Waals surface area (Å²) in [6, 6.07) is 0. The van der Waals surface area contributed by atoms with Crippen LogP contribution < -0.4 is 0 Å². The molecule has 0 unspecified atom stereocenters. The molecule has 1 heteroatoms. The number of allylic oxidation sites excluding steroid dienone is 2. The smallest absolute Gasteiger partial charge is 0.0401 e. The van der Waals surface area contributed by atoms with Crippen LogP contribution in [0.3, 0.4) is 0 Å². The zero-order chi connectivity index (χ0) is 9.72. The third-order valence-corrected chi connectivity index (χ3v) is 2.02. The summed E-state index contributed by atoms with van der Waals surface area (Å²) in [5, 5.41) is 0. The van der Waals surface area contributed by atoms with Gasteiger partial charge in [-0.1, -0.05) is 33.8 Å². The van der Waals surface area contributed by atoms with Gasteiger partial charge in [0.2, 0.25) is 0 Å². The lowest BCUT2D eigenvalue weighted by Crippen LogP contribution is -2.14. The van der Waals surface area contributed by atoms with E-state index in [1.165, 1.54) is 11.3 Å².